The lowest BCUT2D eigenvalue weighted by Gasteiger charge is -2.15. The van der Waals surface area contributed by atoms with E-state index in [-0.39, 0.29) is 24.1 Å². The lowest BCUT2D eigenvalue weighted by molar-refractivity contribution is 0.0689. The maximum absolute atomic E-state index is 13.5. The van der Waals surface area contributed by atoms with Gasteiger partial charge in [-0.1, -0.05) is 29.8 Å². The normalized spacial score (nSPS) is 10.8. The number of anilines is 2. The Morgan fingerprint density at radius 1 is 0.974 bits per heavy atom. The van der Waals surface area contributed by atoms with Crippen molar-refractivity contribution in [2.24, 2.45) is 0 Å². The summed E-state index contributed by atoms with van der Waals surface area (Å²) in [5.41, 5.74) is -0.0686. The third-order valence-corrected chi connectivity index (χ3v) is 6.43. The predicted octanol–water partition coefficient (Wildman–Crippen LogP) is 4.79. The summed E-state index contributed by atoms with van der Waals surface area (Å²) in [6, 6.07) is 21.5. The van der Waals surface area contributed by atoms with Gasteiger partial charge in [-0.3, -0.25) is 4.57 Å². The molecule has 0 aliphatic rings. The van der Waals surface area contributed by atoms with Crippen LogP contribution >= 0.6 is 22.9 Å². The predicted molar refractivity (Wildman–Crippen MR) is 144 cm³/mol. The lowest BCUT2D eigenvalue weighted by Crippen LogP contribution is -2.41. The molecule has 3 aromatic heterocycles. The van der Waals surface area contributed by atoms with Crippen LogP contribution in [0.15, 0.2) is 93.8 Å². The number of nitrogens with one attached hydrogen (secondary N) is 1. The molecule has 190 valence electrons. The van der Waals surface area contributed by atoms with Gasteiger partial charge in [0.2, 0.25) is 11.8 Å². The molecule has 12 heteroatoms. The largest absolute Gasteiger partial charge is 0.477 e. The number of aromatic carboxylic acids is 1. The van der Waals surface area contributed by atoms with E-state index < -0.39 is 17.3 Å². The first-order valence-electron chi connectivity index (χ1n) is 11.1. The van der Waals surface area contributed by atoms with Crippen molar-refractivity contribution in [1.82, 2.24) is 19.1 Å². The van der Waals surface area contributed by atoms with Gasteiger partial charge in [0, 0.05) is 16.8 Å². The quantitative estimate of drug-likeness (QED) is 0.284. The van der Waals surface area contributed by atoms with Gasteiger partial charge in [-0.25, -0.2) is 23.9 Å². The van der Waals surface area contributed by atoms with E-state index in [0.717, 1.165) is 10.1 Å². The minimum Gasteiger partial charge on any atom is -0.477 e. The van der Waals surface area contributed by atoms with E-state index in [1.54, 1.807) is 72.1 Å². The first-order valence-corrected chi connectivity index (χ1v) is 12.4. The molecule has 0 amide bonds. The minimum atomic E-state index is -1.16. The van der Waals surface area contributed by atoms with E-state index >= 15 is 0 Å². The van der Waals surface area contributed by atoms with Gasteiger partial charge >= 0.3 is 17.3 Å². The molecule has 0 saturated heterocycles. The molecule has 2 aromatic carbocycles. The molecule has 0 fully saturated rings. The van der Waals surface area contributed by atoms with Crippen LogP contribution in [0.4, 0.5) is 11.6 Å². The summed E-state index contributed by atoms with van der Waals surface area (Å²) in [6.07, 6.45) is 0. The Bertz CT molecular complexity index is 1720. The topological polar surface area (TPSA) is 128 Å². The lowest BCUT2D eigenvalue weighted by atomic mass is 10.2. The molecule has 0 unspecified atom stereocenters. The molecule has 38 heavy (non-hydrogen) atoms. The van der Waals surface area contributed by atoms with Crippen LogP contribution in [-0.4, -0.2) is 30.2 Å². The van der Waals surface area contributed by atoms with E-state index in [2.05, 4.69) is 15.3 Å². The summed E-state index contributed by atoms with van der Waals surface area (Å²) in [5, 5.41) is 14.9. The molecule has 0 aliphatic heterocycles. The van der Waals surface area contributed by atoms with Crippen LogP contribution in [-0.2, 0) is 6.54 Å². The van der Waals surface area contributed by atoms with Gasteiger partial charge in [-0.15, -0.1) is 11.3 Å². The van der Waals surface area contributed by atoms with Crippen molar-refractivity contribution in [1.29, 1.82) is 0 Å². The van der Waals surface area contributed by atoms with Crippen molar-refractivity contribution in [2.75, 3.05) is 5.32 Å². The molecule has 0 radical (unpaired) electrons. The summed E-state index contributed by atoms with van der Waals surface area (Å²) in [5.74, 6) is -0.563. The maximum Gasteiger partial charge on any atom is 0.360 e. The summed E-state index contributed by atoms with van der Waals surface area (Å²) in [6.45, 7) is 0.143. The van der Waals surface area contributed by atoms with E-state index in [1.165, 1.54) is 28.0 Å². The monoisotopic (exact) mass is 547 g/mol. The highest BCUT2D eigenvalue weighted by atomic mass is 35.5. The molecule has 0 bridgehead atoms. The number of carboxylic acid groups (broad SMARTS) is 1. The van der Waals surface area contributed by atoms with Gasteiger partial charge in [-0.2, -0.15) is 4.98 Å². The van der Waals surface area contributed by atoms with Crippen LogP contribution in [0.2, 0.25) is 5.02 Å². The van der Waals surface area contributed by atoms with Gasteiger partial charge in [0.1, 0.15) is 10.8 Å². The van der Waals surface area contributed by atoms with Crippen molar-refractivity contribution < 1.29 is 14.6 Å². The van der Waals surface area contributed by atoms with Gasteiger partial charge in [0.05, 0.1) is 6.54 Å². The summed E-state index contributed by atoms with van der Waals surface area (Å²) in [7, 11) is 0. The van der Waals surface area contributed by atoms with Crippen molar-refractivity contribution in [3.05, 3.63) is 121 Å². The fourth-order valence-corrected chi connectivity index (χ4v) is 4.38. The van der Waals surface area contributed by atoms with Gasteiger partial charge in [0.15, 0.2) is 5.69 Å². The molecule has 2 N–H and O–H groups in total. The van der Waals surface area contributed by atoms with E-state index in [4.69, 9.17) is 21.4 Å². The van der Waals surface area contributed by atoms with Crippen LogP contribution in [0.25, 0.3) is 5.00 Å². The highest BCUT2D eigenvalue weighted by Gasteiger charge is 2.16. The summed E-state index contributed by atoms with van der Waals surface area (Å²) in [4.78, 5) is 45.5. The number of nitrogens with zero attached hydrogens (tertiary/aromatic N) is 4. The number of benzene rings is 2. The Balaban J connectivity index is 1.46. The number of hydrogen-bond acceptors (Lipinski definition) is 8. The number of halogens is 1. The second-order valence-corrected chi connectivity index (χ2v) is 9.28. The number of ether oxygens (including phenoxy) is 1. The number of carboxylic acids is 1. The number of carbonyl (C=O) groups is 1. The Morgan fingerprint density at radius 2 is 1.74 bits per heavy atom. The Morgan fingerprint density at radius 3 is 2.42 bits per heavy atom. The first-order chi connectivity index (χ1) is 18.4. The second kappa shape index (κ2) is 10.7. The smallest absolute Gasteiger partial charge is 0.360 e. The first kappa shape index (κ1) is 24.9. The van der Waals surface area contributed by atoms with Gasteiger partial charge in [-0.05, 0) is 65.5 Å². The number of hydrogen-bond donors (Lipinski definition) is 2. The molecular formula is C26H18ClN5O5S. The molecule has 10 nitrogen and oxygen atoms in total. The fourth-order valence-electron chi connectivity index (χ4n) is 3.54. The van der Waals surface area contributed by atoms with Crippen molar-refractivity contribution in [3.63, 3.8) is 0 Å². The highest BCUT2D eigenvalue weighted by molar-refractivity contribution is 7.12. The molecule has 5 rings (SSSR count). The molecule has 3 heterocycles. The number of thiophene rings is 1. The van der Waals surface area contributed by atoms with Crippen molar-refractivity contribution >= 4 is 40.5 Å². The van der Waals surface area contributed by atoms with Crippen molar-refractivity contribution in [2.45, 2.75) is 6.54 Å². The van der Waals surface area contributed by atoms with E-state index in [1.807, 2.05) is 0 Å². The zero-order valence-corrected chi connectivity index (χ0v) is 21.0. The standard InChI is InChI=1S/C26H18ClN5O5S/c27-17-8-6-16(7-9-17)15-31-24(30-25(35)32(26(31)36)22-5-2-14-38-22)28-18-10-12-19(13-11-18)37-21-4-1-3-20(29-21)23(33)34/h1-14H,15H2,(H,33,34)(H,28,30,35). The second-order valence-electron chi connectivity index (χ2n) is 7.92. The molecule has 5 aromatic rings. The SMILES string of the molecule is O=C(O)c1cccc(Oc2ccc(Nc3nc(=O)n(-c4cccs4)c(=O)n3Cc3ccc(Cl)cc3)cc2)n1. The average molecular weight is 548 g/mol. The van der Waals surface area contributed by atoms with Crippen LogP contribution in [0.5, 0.6) is 11.6 Å². The molecule has 0 aliphatic carbocycles. The van der Waals surface area contributed by atoms with Crippen LogP contribution < -0.4 is 21.4 Å². The third-order valence-electron chi connectivity index (χ3n) is 5.33. The summed E-state index contributed by atoms with van der Waals surface area (Å²) >= 11 is 7.26. The van der Waals surface area contributed by atoms with Crippen LogP contribution in [0, 0.1) is 0 Å². The van der Waals surface area contributed by atoms with E-state index in [0.29, 0.717) is 21.5 Å². The van der Waals surface area contributed by atoms with Gasteiger partial charge in [0.25, 0.3) is 0 Å². The Labute approximate surface area is 224 Å². The zero-order chi connectivity index (χ0) is 26.6. The van der Waals surface area contributed by atoms with Crippen LogP contribution in [0.1, 0.15) is 16.1 Å². The Kier molecular flexibility index (Phi) is 7.03. The average Bonchev–Trinajstić information content (AvgIpc) is 3.43. The van der Waals surface area contributed by atoms with Gasteiger partial charge < -0.3 is 15.2 Å². The van der Waals surface area contributed by atoms with E-state index in [9.17, 15) is 14.4 Å². The molecular weight excluding hydrogens is 530 g/mol. The Hall–Kier alpha value is -4.74. The highest BCUT2D eigenvalue weighted by Crippen LogP contribution is 2.23. The summed E-state index contributed by atoms with van der Waals surface area (Å²) < 4.78 is 8.05. The molecule has 0 atom stereocenters. The maximum atomic E-state index is 13.5. The zero-order valence-electron chi connectivity index (χ0n) is 19.4. The number of rotatable bonds is 8. The molecule has 0 spiro atoms. The number of pyridine rings is 1. The third kappa shape index (κ3) is 5.48. The van der Waals surface area contributed by atoms with Crippen LogP contribution in [0.3, 0.4) is 0 Å². The molecule has 0 saturated carbocycles. The van der Waals surface area contributed by atoms with Crippen molar-refractivity contribution in [3.8, 4) is 16.6 Å². The fraction of sp³-hybridized carbons (Fsp3) is 0.0385. The number of aromatic nitrogens is 4. The minimum absolute atomic E-state index is 0.0623.